The molecule has 1 aromatic rings. The van der Waals surface area contributed by atoms with Crippen molar-refractivity contribution in [2.75, 3.05) is 31.1 Å². The lowest BCUT2D eigenvalue weighted by Crippen LogP contribution is -2.68. The highest BCUT2D eigenvalue weighted by Gasteiger charge is 2.59. The molecule has 0 spiro atoms. The number of hydrogen-bond acceptors (Lipinski definition) is 3. The summed E-state index contributed by atoms with van der Waals surface area (Å²) in [6.45, 7) is 10.5. The van der Waals surface area contributed by atoms with Gasteiger partial charge in [-0.1, -0.05) is 32.0 Å². The SMILES string of the molecule is CCN=C(NC1CCN(c2ccccc2)C1)NC1C2CCOC2C1(C)C.I. The molecule has 4 atom stereocenters. The average Bonchev–Trinajstić information content (AvgIpc) is 3.29. The van der Waals surface area contributed by atoms with Crippen molar-refractivity contribution in [3.05, 3.63) is 30.3 Å². The van der Waals surface area contributed by atoms with Crippen LogP contribution in [0.25, 0.3) is 0 Å². The number of halogens is 1. The number of anilines is 1. The molecule has 27 heavy (non-hydrogen) atoms. The fourth-order valence-corrected chi connectivity index (χ4v) is 5.00. The summed E-state index contributed by atoms with van der Waals surface area (Å²) in [4.78, 5) is 7.18. The molecule has 0 bridgehead atoms. The van der Waals surface area contributed by atoms with Crippen molar-refractivity contribution in [3.63, 3.8) is 0 Å². The van der Waals surface area contributed by atoms with Crippen molar-refractivity contribution in [2.45, 2.75) is 51.8 Å². The van der Waals surface area contributed by atoms with E-state index in [-0.39, 0.29) is 29.4 Å². The zero-order chi connectivity index (χ0) is 18.1. The third kappa shape index (κ3) is 4.06. The summed E-state index contributed by atoms with van der Waals surface area (Å²) in [5.74, 6) is 1.59. The van der Waals surface area contributed by atoms with Gasteiger partial charge < -0.3 is 20.3 Å². The van der Waals surface area contributed by atoms with Gasteiger partial charge in [0.2, 0.25) is 0 Å². The number of aliphatic imine (C=N–C) groups is 1. The zero-order valence-electron chi connectivity index (χ0n) is 16.6. The maximum Gasteiger partial charge on any atom is 0.191 e. The smallest absolute Gasteiger partial charge is 0.191 e. The molecular weight excluding hydrogens is 451 g/mol. The number of benzene rings is 1. The Morgan fingerprint density at radius 1 is 1.22 bits per heavy atom. The van der Waals surface area contributed by atoms with Gasteiger partial charge in [-0.15, -0.1) is 24.0 Å². The van der Waals surface area contributed by atoms with Crippen molar-refractivity contribution in [1.29, 1.82) is 0 Å². The molecule has 4 unspecified atom stereocenters. The Hall–Kier alpha value is -1.02. The van der Waals surface area contributed by atoms with Crippen LogP contribution in [0.5, 0.6) is 0 Å². The van der Waals surface area contributed by atoms with Crippen LogP contribution in [-0.2, 0) is 4.74 Å². The number of nitrogens with one attached hydrogen (secondary N) is 2. The summed E-state index contributed by atoms with van der Waals surface area (Å²) in [5, 5.41) is 7.43. The summed E-state index contributed by atoms with van der Waals surface area (Å²) in [6.07, 6.45) is 2.71. The average molecular weight is 484 g/mol. The first kappa shape index (κ1) is 20.7. The molecule has 3 fully saturated rings. The molecule has 0 amide bonds. The van der Waals surface area contributed by atoms with Crippen molar-refractivity contribution in [2.24, 2.45) is 16.3 Å². The summed E-state index contributed by atoms with van der Waals surface area (Å²) in [7, 11) is 0. The summed E-state index contributed by atoms with van der Waals surface area (Å²) in [6, 6.07) is 11.6. The van der Waals surface area contributed by atoms with Crippen LogP contribution in [0.3, 0.4) is 0 Å². The fourth-order valence-electron chi connectivity index (χ4n) is 5.00. The van der Waals surface area contributed by atoms with Gasteiger partial charge in [0.1, 0.15) is 0 Å². The van der Waals surface area contributed by atoms with Crippen molar-refractivity contribution < 1.29 is 4.74 Å². The Labute approximate surface area is 180 Å². The van der Waals surface area contributed by atoms with Gasteiger partial charge in [-0.3, -0.25) is 4.99 Å². The summed E-state index contributed by atoms with van der Waals surface area (Å²) < 4.78 is 5.93. The van der Waals surface area contributed by atoms with Crippen LogP contribution >= 0.6 is 24.0 Å². The van der Waals surface area contributed by atoms with E-state index in [1.54, 1.807) is 0 Å². The van der Waals surface area contributed by atoms with Gasteiger partial charge in [0, 0.05) is 55.3 Å². The Morgan fingerprint density at radius 3 is 2.74 bits per heavy atom. The molecule has 3 aliphatic rings. The first-order chi connectivity index (χ1) is 12.6. The molecule has 1 aromatic carbocycles. The third-order valence-corrected chi connectivity index (χ3v) is 6.36. The Balaban J connectivity index is 0.00000210. The van der Waals surface area contributed by atoms with Crippen LogP contribution in [0.2, 0.25) is 0 Å². The number of rotatable bonds is 4. The number of hydrogen-bond donors (Lipinski definition) is 2. The predicted octanol–water partition coefficient (Wildman–Crippen LogP) is 3.25. The molecular formula is C21H33IN4O. The fraction of sp³-hybridized carbons (Fsp3) is 0.667. The van der Waals surface area contributed by atoms with Gasteiger partial charge in [0.25, 0.3) is 0 Å². The normalized spacial score (nSPS) is 31.7. The van der Waals surface area contributed by atoms with E-state index in [4.69, 9.17) is 9.73 Å². The second kappa shape index (κ2) is 8.55. The van der Waals surface area contributed by atoms with Gasteiger partial charge >= 0.3 is 0 Å². The van der Waals surface area contributed by atoms with Crippen molar-refractivity contribution in [1.82, 2.24) is 10.6 Å². The van der Waals surface area contributed by atoms with Gasteiger partial charge in [0.15, 0.2) is 5.96 Å². The van der Waals surface area contributed by atoms with E-state index >= 15 is 0 Å². The van der Waals surface area contributed by atoms with Crippen LogP contribution in [0.4, 0.5) is 5.69 Å². The topological polar surface area (TPSA) is 48.9 Å². The molecule has 2 aliphatic heterocycles. The van der Waals surface area contributed by atoms with Gasteiger partial charge in [-0.05, 0) is 31.9 Å². The lowest BCUT2D eigenvalue weighted by molar-refractivity contribution is -0.106. The molecule has 2 N–H and O–H groups in total. The molecule has 1 aliphatic carbocycles. The van der Waals surface area contributed by atoms with E-state index in [1.165, 1.54) is 5.69 Å². The van der Waals surface area contributed by atoms with E-state index in [9.17, 15) is 0 Å². The monoisotopic (exact) mass is 484 g/mol. The van der Waals surface area contributed by atoms with Gasteiger partial charge in [0.05, 0.1) is 6.10 Å². The minimum atomic E-state index is 0. The molecule has 4 rings (SSSR count). The van der Waals surface area contributed by atoms with E-state index in [2.05, 4.69) is 66.6 Å². The Bertz CT molecular complexity index is 651. The quantitative estimate of drug-likeness (QED) is 0.392. The first-order valence-electron chi connectivity index (χ1n) is 10.1. The molecule has 0 aromatic heterocycles. The highest BCUT2D eigenvalue weighted by molar-refractivity contribution is 14.0. The van der Waals surface area contributed by atoms with Gasteiger partial charge in [-0.2, -0.15) is 0 Å². The standard InChI is InChI=1S/C21H32N4O.HI/c1-4-22-20(24-18-17-11-13-26-19(17)21(18,2)3)23-15-10-12-25(14-15)16-8-6-5-7-9-16;/h5-9,15,17-19H,4,10-14H2,1-3H3,(H2,22,23,24);1H. The van der Waals surface area contributed by atoms with E-state index in [0.29, 0.717) is 24.1 Å². The Morgan fingerprint density at radius 2 is 2.00 bits per heavy atom. The highest BCUT2D eigenvalue weighted by atomic mass is 127. The maximum absolute atomic E-state index is 5.93. The maximum atomic E-state index is 5.93. The van der Waals surface area contributed by atoms with Crippen LogP contribution < -0.4 is 15.5 Å². The lowest BCUT2D eigenvalue weighted by atomic mass is 9.57. The minimum Gasteiger partial charge on any atom is -0.377 e. The van der Waals surface area contributed by atoms with Crippen LogP contribution in [0.15, 0.2) is 35.3 Å². The van der Waals surface area contributed by atoms with E-state index < -0.39 is 0 Å². The highest BCUT2D eigenvalue weighted by Crippen LogP contribution is 2.52. The van der Waals surface area contributed by atoms with Crippen LogP contribution in [-0.4, -0.2) is 50.4 Å². The van der Waals surface area contributed by atoms with Crippen LogP contribution in [0.1, 0.15) is 33.6 Å². The number of ether oxygens (including phenoxy) is 1. The molecule has 2 saturated heterocycles. The van der Waals surface area contributed by atoms with Gasteiger partial charge in [-0.25, -0.2) is 0 Å². The largest absolute Gasteiger partial charge is 0.377 e. The number of nitrogens with zero attached hydrogens (tertiary/aromatic N) is 2. The zero-order valence-corrected chi connectivity index (χ0v) is 19.0. The molecule has 5 nitrogen and oxygen atoms in total. The third-order valence-electron chi connectivity index (χ3n) is 6.36. The molecule has 0 radical (unpaired) electrons. The molecule has 150 valence electrons. The summed E-state index contributed by atoms with van der Waals surface area (Å²) >= 11 is 0. The number of guanidine groups is 1. The first-order valence-corrected chi connectivity index (χ1v) is 10.1. The van der Waals surface area contributed by atoms with Crippen molar-refractivity contribution in [3.8, 4) is 0 Å². The summed E-state index contributed by atoms with van der Waals surface area (Å²) in [5.41, 5.74) is 1.48. The predicted molar refractivity (Wildman–Crippen MR) is 122 cm³/mol. The lowest BCUT2D eigenvalue weighted by Gasteiger charge is -2.55. The molecule has 1 saturated carbocycles. The molecule has 2 heterocycles. The second-order valence-electron chi connectivity index (χ2n) is 8.42. The number of fused-ring (bicyclic) bond motifs is 1. The number of para-hydroxylation sites is 1. The van der Waals surface area contributed by atoms with Crippen LogP contribution in [0, 0.1) is 11.3 Å². The molecule has 6 heteroatoms. The minimum absolute atomic E-state index is 0. The van der Waals surface area contributed by atoms with E-state index in [0.717, 1.165) is 45.0 Å². The second-order valence-corrected chi connectivity index (χ2v) is 8.42. The van der Waals surface area contributed by atoms with Crippen molar-refractivity contribution >= 4 is 35.6 Å². The van der Waals surface area contributed by atoms with E-state index in [1.807, 2.05) is 0 Å². The Kier molecular flexibility index (Phi) is 6.56.